The summed E-state index contributed by atoms with van der Waals surface area (Å²) < 4.78 is 35.0. The van der Waals surface area contributed by atoms with E-state index in [1.165, 1.54) is 0 Å². The van der Waals surface area contributed by atoms with Crippen molar-refractivity contribution in [1.82, 2.24) is 9.71 Å². The lowest BCUT2D eigenvalue weighted by Gasteiger charge is -2.24. The van der Waals surface area contributed by atoms with Crippen molar-refractivity contribution in [3.05, 3.63) is 12.1 Å². The SMILES string of the molecule is CC(C)CCOc1nc(N2C[C@@H]3C(C(=O)O)[C@@H]3C2)ccc1S(=O)(=O)NC1CCCCC1. The highest BCUT2D eigenvalue weighted by molar-refractivity contribution is 7.89. The highest BCUT2D eigenvalue weighted by Gasteiger charge is 2.60. The molecule has 2 N–H and O–H groups in total. The molecule has 1 aliphatic heterocycles. The fourth-order valence-electron chi connectivity index (χ4n) is 4.88. The number of anilines is 1. The summed E-state index contributed by atoms with van der Waals surface area (Å²) in [4.78, 5) is 17.9. The number of hydrogen-bond donors (Lipinski definition) is 2. The number of aliphatic carboxylic acids is 1. The Balaban J connectivity index is 1.52. The van der Waals surface area contributed by atoms with E-state index in [9.17, 15) is 18.3 Å². The molecule has 4 rings (SSSR count). The van der Waals surface area contributed by atoms with Crippen molar-refractivity contribution in [1.29, 1.82) is 0 Å². The molecular formula is C22H33N3O5S. The smallest absolute Gasteiger partial charge is 0.307 e. The number of carbonyl (C=O) groups is 1. The molecule has 172 valence electrons. The number of ether oxygens (including phenoxy) is 1. The maximum Gasteiger partial charge on any atom is 0.307 e. The second-order valence-electron chi connectivity index (χ2n) is 9.56. The monoisotopic (exact) mass is 451 g/mol. The summed E-state index contributed by atoms with van der Waals surface area (Å²) in [6.07, 6.45) is 5.74. The van der Waals surface area contributed by atoms with Crippen molar-refractivity contribution in [3.63, 3.8) is 0 Å². The molecule has 0 spiro atoms. The molecule has 2 saturated carbocycles. The molecule has 1 aromatic rings. The third-order valence-corrected chi connectivity index (χ3v) is 8.30. The Morgan fingerprint density at radius 2 is 1.90 bits per heavy atom. The second kappa shape index (κ2) is 8.94. The van der Waals surface area contributed by atoms with E-state index in [1.807, 2.05) is 4.90 Å². The largest absolute Gasteiger partial charge is 0.481 e. The van der Waals surface area contributed by atoms with Crippen LogP contribution in [0.25, 0.3) is 0 Å². The lowest BCUT2D eigenvalue weighted by atomic mass is 9.96. The molecule has 3 fully saturated rings. The fraction of sp³-hybridized carbons (Fsp3) is 0.727. The summed E-state index contributed by atoms with van der Waals surface area (Å²) in [5, 5.41) is 9.23. The first-order valence-electron chi connectivity index (χ1n) is 11.4. The van der Waals surface area contributed by atoms with Gasteiger partial charge in [-0.2, -0.15) is 4.98 Å². The van der Waals surface area contributed by atoms with Crippen LogP contribution in [0.5, 0.6) is 5.88 Å². The van der Waals surface area contributed by atoms with E-state index in [0.29, 0.717) is 31.4 Å². The molecule has 0 bridgehead atoms. The molecule has 3 aliphatic rings. The van der Waals surface area contributed by atoms with Crippen LogP contribution in [0.15, 0.2) is 17.0 Å². The maximum atomic E-state index is 13.1. The number of rotatable bonds is 9. The van der Waals surface area contributed by atoms with Crippen LogP contribution < -0.4 is 14.4 Å². The molecule has 3 atom stereocenters. The number of carboxylic acids is 1. The van der Waals surface area contributed by atoms with E-state index >= 15 is 0 Å². The highest BCUT2D eigenvalue weighted by atomic mass is 32.2. The first kappa shape index (κ1) is 22.3. The third-order valence-electron chi connectivity index (χ3n) is 6.76. The van der Waals surface area contributed by atoms with Gasteiger partial charge in [-0.25, -0.2) is 13.1 Å². The van der Waals surface area contributed by atoms with Crippen LogP contribution in [0.4, 0.5) is 5.82 Å². The molecule has 0 radical (unpaired) electrons. The highest BCUT2D eigenvalue weighted by Crippen LogP contribution is 2.52. The van der Waals surface area contributed by atoms with Crippen molar-refractivity contribution < 1.29 is 23.1 Å². The van der Waals surface area contributed by atoms with Gasteiger partial charge < -0.3 is 14.7 Å². The second-order valence-corrected chi connectivity index (χ2v) is 11.2. The molecule has 8 nitrogen and oxygen atoms in total. The zero-order valence-electron chi connectivity index (χ0n) is 18.3. The van der Waals surface area contributed by atoms with Gasteiger partial charge in [0.1, 0.15) is 10.7 Å². The van der Waals surface area contributed by atoms with Crippen molar-refractivity contribution in [2.24, 2.45) is 23.7 Å². The number of aromatic nitrogens is 1. The number of piperidine rings is 1. The predicted octanol–water partition coefficient (Wildman–Crippen LogP) is 2.88. The molecular weight excluding hydrogens is 418 g/mol. The molecule has 0 amide bonds. The normalized spacial score (nSPS) is 26.2. The van der Waals surface area contributed by atoms with E-state index in [4.69, 9.17) is 4.74 Å². The summed E-state index contributed by atoms with van der Waals surface area (Å²) in [7, 11) is -3.74. The number of nitrogens with one attached hydrogen (secondary N) is 1. The Morgan fingerprint density at radius 1 is 1.23 bits per heavy atom. The van der Waals surface area contributed by atoms with Gasteiger partial charge in [-0.1, -0.05) is 33.1 Å². The fourth-order valence-corrected chi connectivity index (χ4v) is 6.26. The van der Waals surface area contributed by atoms with Crippen molar-refractivity contribution in [2.45, 2.75) is 63.3 Å². The molecule has 2 heterocycles. The number of carboxylic acid groups (broad SMARTS) is 1. The van der Waals surface area contributed by atoms with Crippen LogP contribution in [-0.4, -0.2) is 50.2 Å². The van der Waals surface area contributed by atoms with Crippen molar-refractivity contribution in [2.75, 3.05) is 24.6 Å². The molecule has 1 saturated heterocycles. The van der Waals surface area contributed by atoms with E-state index in [-0.39, 0.29) is 34.6 Å². The zero-order chi connectivity index (χ0) is 22.2. The van der Waals surface area contributed by atoms with Gasteiger partial charge in [0.05, 0.1) is 12.5 Å². The summed E-state index contributed by atoms with van der Waals surface area (Å²) in [6.45, 7) is 5.83. The number of pyridine rings is 1. The third kappa shape index (κ3) is 4.98. The van der Waals surface area contributed by atoms with Crippen LogP contribution in [-0.2, 0) is 14.8 Å². The Kier molecular flexibility index (Phi) is 6.44. The van der Waals surface area contributed by atoms with E-state index in [0.717, 1.165) is 38.5 Å². The Morgan fingerprint density at radius 3 is 2.52 bits per heavy atom. The molecule has 1 unspecified atom stereocenters. The predicted molar refractivity (Wildman–Crippen MR) is 117 cm³/mol. The van der Waals surface area contributed by atoms with E-state index in [2.05, 4.69) is 23.6 Å². The van der Waals surface area contributed by atoms with Crippen LogP contribution in [0.2, 0.25) is 0 Å². The van der Waals surface area contributed by atoms with Crippen LogP contribution >= 0.6 is 0 Å². The average Bonchev–Trinajstić information content (AvgIpc) is 3.23. The van der Waals surface area contributed by atoms with Crippen molar-refractivity contribution >= 4 is 21.8 Å². The van der Waals surface area contributed by atoms with Gasteiger partial charge in [0.2, 0.25) is 15.9 Å². The topological polar surface area (TPSA) is 109 Å². The first-order chi connectivity index (χ1) is 14.8. The standard InChI is InChI=1S/C22H33N3O5S/c1-14(2)10-11-30-21-18(31(28,29)24-15-6-4-3-5-7-15)8-9-19(23-21)25-12-16-17(13-25)20(16)22(26)27/h8-9,14-17,20,24H,3-7,10-13H2,1-2H3,(H,26,27)/t16-,17+,20?. The number of sulfonamides is 1. The van der Waals surface area contributed by atoms with Crippen LogP contribution in [0.1, 0.15) is 52.4 Å². The number of nitrogens with zero attached hydrogens (tertiary/aromatic N) is 2. The quantitative estimate of drug-likeness (QED) is 0.594. The number of hydrogen-bond acceptors (Lipinski definition) is 6. The minimum absolute atomic E-state index is 0.0411. The Hall–Kier alpha value is -1.87. The van der Waals surface area contributed by atoms with Gasteiger partial charge >= 0.3 is 5.97 Å². The zero-order valence-corrected chi connectivity index (χ0v) is 19.1. The lowest BCUT2D eigenvalue weighted by Crippen LogP contribution is -2.36. The Labute approximate surface area is 184 Å². The molecule has 1 aromatic heterocycles. The molecule has 0 aromatic carbocycles. The van der Waals surface area contributed by atoms with E-state index < -0.39 is 16.0 Å². The minimum atomic E-state index is -3.74. The lowest BCUT2D eigenvalue weighted by molar-refractivity contribution is -0.139. The van der Waals surface area contributed by atoms with Crippen molar-refractivity contribution in [3.8, 4) is 5.88 Å². The molecule has 9 heteroatoms. The van der Waals surface area contributed by atoms with Gasteiger partial charge in [-0.05, 0) is 49.1 Å². The average molecular weight is 452 g/mol. The summed E-state index contributed by atoms with van der Waals surface area (Å²) in [6, 6.07) is 3.25. The maximum absolute atomic E-state index is 13.1. The van der Waals surface area contributed by atoms with Crippen LogP contribution in [0.3, 0.4) is 0 Å². The summed E-state index contributed by atoms with van der Waals surface area (Å²) in [5.41, 5.74) is 0. The van der Waals surface area contributed by atoms with Gasteiger partial charge in [0, 0.05) is 19.1 Å². The van der Waals surface area contributed by atoms with Gasteiger partial charge in [0.25, 0.3) is 0 Å². The first-order valence-corrected chi connectivity index (χ1v) is 12.9. The Bertz CT molecular complexity index is 902. The number of fused-ring (bicyclic) bond motifs is 1. The molecule has 2 aliphatic carbocycles. The van der Waals surface area contributed by atoms with Gasteiger partial charge in [0.15, 0.2) is 0 Å². The van der Waals surface area contributed by atoms with Crippen LogP contribution in [0, 0.1) is 23.7 Å². The van der Waals surface area contributed by atoms with E-state index in [1.54, 1.807) is 12.1 Å². The molecule has 31 heavy (non-hydrogen) atoms. The minimum Gasteiger partial charge on any atom is -0.481 e. The summed E-state index contributed by atoms with van der Waals surface area (Å²) >= 11 is 0. The summed E-state index contributed by atoms with van der Waals surface area (Å²) in [5.74, 6) is 0.543. The van der Waals surface area contributed by atoms with Gasteiger partial charge in [-0.3, -0.25) is 4.79 Å². The van der Waals surface area contributed by atoms with Gasteiger partial charge in [-0.15, -0.1) is 0 Å².